The number of hydrogen-bond donors (Lipinski definition) is 5. The highest BCUT2D eigenvalue weighted by Gasteiger charge is 2.47. The minimum absolute atomic E-state index is 0. The van der Waals surface area contributed by atoms with Crippen LogP contribution in [0.15, 0.2) is 0 Å². The Balaban J connectivity index is 0.00000144. The number of aliphatic hydroxyl groups is 1. The average molecular weight is 214 g/mol. The second kappa shape index (κ2) is 3.70. The van der Waals surface area contributed by atoms with E-state index in [0.717, 1.165) is 0 Å². The van der Waals surface area contributed by atoms with Crippen LogP contribution in [0.1, 0.15) is 6.42 Å². The molecule has 1 fully saturated rings. The normalized spacial score (nSPS) is 28.9. The van der Waals surface area contributed by atoms with Gasteiger partial charge in [0.1, 0.15) is 5.66 Å². The van der Waals surface area contributed by atoms with E-state index >= 15 is 0 Å². The third-order valence-electron chi connectivity index (χ3n) is 1.63. The fraction of sp³-hybridized carbons (Fsp3) is 0.750. The molecule has 1 aliphatic rings. The molecule has 1 saturated heterocycles. The largest absolute Gasteiger partial charge is 0.371 e. The van der Waals surface area contributed by atoms with E-state index in [1.165, 1.54) is 0 Å². The smallest absolute Gasteiger partial charge is 0.338 e. The molecule has 2 atom stereocenters. The quantitative estimate of drug-likeness (QED) is 0.266. The Labute approximate surface area is 73.5 Å². The first-order chi connectivity index (χ1) is 5.34. The fourth-order valence-electron chi connectivity index (χ4n) is 0.981. The van der Waals surface area contributed by atoms with Crippen molar-refractivity contribution in [1.29, 1.82) is 0 Å². The highest BCUT2D eigenvalue weighted by atomic mass is 31.2. The zero-order valence-electron chi connectivity index (χ0n) is 6.57. The molecule has 1 aliphatic heterocycles. The number of nitrogens with zero attached hydrogens (tertiary/aromatic N) is 1. The second-order valence-electron chi connectivity index (χ2n) is 2.50. The lowest BCUT2D eigenvalue weighted by Crippen LogP contribution is -2.30. The number of hydroxylamine groups is 2. The molecule has 13 heavy (non-hydrogen) atoms. The summed E-state index contributed by atoms with van der Waals surface area (Å²) in [4.78, 5) is 27.9. The van der Waals surface area contributed by atoms with E-state index in [1.54, 1.807) is 0 Å². The van der Waals surface area contributed by atoms with Crippen LogP contribution in [0.5, 0.6) is 0 Å². The van der Waals surface area contributed by atoms with E-state index in [4.69, 9.17) is 20.1 Å². The molecule has 0 bridgehead atoms. The van der Waals surface area contributed by atoms with Crippen LogP contribution in [0.2, 0.25) is 0 Å². The Morgan fingerprint density at radius 1 is 1.46 bits per heavy atom. The van der Waals surface area contributed by atoms with Crippen LogP contribution in [0, 0.1) is 0 Å². The van der Waals surface area contributed by atoms with Crippen molar-refractivity contribution < 1.29 is 29.5 Å². The summed E-state index contributed by atoms with van der Waals surface area (Å²) in [6.07, 6.45) is -1.96. The molecule has 0 aromatic carbocycles. The van der Waals surface area contributed by atoms with E-state index in [-0.39, 0.29) is 11.2 Å². The van der Waals surface area contributed by atoms with E-state index < -0.39 is 31.8 Å². The van der Waals surface area contributed by atoms with Crippen molar-refractivity contribution >= 4 is 13.5 Å². The summed E-state index contributed by atoms with van der Waals surface area (Å²) in [7, 11) is -4.56. The van der Waals surface area contributed by atoms with Gasteiger partial charge in [-0.3, -0.25) is 14.6 Å². The number of carbonyl (C=O) groups is 1. The SMILES string of the molecule is N.O=C1C(P(=O)(O)O)CC(O)N1O. The molecule has 7 N–H and O–H groups in total. The van der Waals surface area contributed by atoms with Crippen molar-refractivity contribution in [2.75, 3.05) is 0 Å². The van der Waals surface area contributed by atoms with Crippen molar-refractivity contribution in [3.63, 3.8) is 0 Å². The maximum absolute atomic E-state index is 10.8. The Bertz CT molecular complexity index is 251. The van der Waals surface area contributed by atoms with Crippen LogP contribution in [0.3, 0.4) is 0 Å². The average Bonchev–Trinajstić information content (AvgIpc) is 2.15. The maximum atomic E-state index is 10.8. The van der Waals surface area contributed by atoms with Gasteiger partial charge in [-0.15, -0.1) is 0 Å². The molecule has 0 radical (unpaired) electrons. The topological polar surface area (TPSA) is 153 Å². The summed E-state index contributed by atoms with van der Waals surface area (Å²) in [5, 5.41) is 17.4. The first-order valence-electron chi connectivity index (χ1n) is 3.09. The van der Waals surface area contributed by atoms with Gasteiger partial charge in [-0.25, -0.2) is 0 Å². The van der Waals surface area contributed by atoms with Gasteiger partial charge in [0.05, 0.1) is 0 Å². The van der Waals surface area contributed by atoms with Crippen molar-refractivity contribution in [3.8, 4) is 0 Å². The van der Waals surface area contributed by atoms with Gasteiger partial charge >= 0.3 is 7.60 Å². The van der Waals surface area contributed by atoms with Crippen LogP contribution in [0.4, 0.5) is 0 Å². The summed E-state index contributed by atoms with van der Waals surface area (Å²) in [5.74, 6) is -1.14. The molecule has 0 saturated carbocycles. The van der Waals surface area contributed by atoms with Crippen LogP contribution < -0.4 is 6.15 Å². The summed E-state index contributed by atoms with van der Waals surface area (Å²) in [6.45, 7) is 0. The van der Waals surface area contributed by atoms with Gasteiger partial charge < -0.3 is 21.0 Å². The van der Waals surface area contributed by atoms with E-state index in [9.17, 15) is 9.36 Å². The first kappa shape index (κ1) is 12.5. The first-order valence-corrected chi connectivity index (χ1v) is 4.77. The zero-order valence-corrected chi connectivity index (χ0v) is 7.46. The lowest BCUT2D eigenvalue weighted by atomic mass is 10.3. The molecule has 78 valence electrons. The summed E-state index contributed by atoms with van der Waals surface area (Å²) < 4.78 is 10.6. The minimum Gasteiger partial charge on any atom is -0.371 e. The van der Waals surface area contributed by atoms with Crippen LogP contribution >= 0.6 is 7.60 Å². The third-order valence-corrected chi connectivity index (χ3v) is 2.88. The fourth-order valence-corrected chi connectivity index (χ4v) is 1.85. The van der Waals surface area contributed by atoms with Gasteiger partial charge in [-0.2, -0.15) is 5.06 Å². The van der Waals surface area contributed by atoms with Gasteiger partial charge in [-0.1, -0.05) is 0 Å². The van der Waals surface area contributed by atoms with Crippen LogP contribution in [0.25, 0.3) is 0 Å². The molecule has 0 aromatic heterocycles. The van der Waals surface area contributed by atoms with Gasteiger partial charge in [0.15, 0.2) is 6.23 Å². The molecule has 1 rings (SSSR count). The summed E-state index contributed by atoms with van der Waals surface area (Å²) >= 11 is 0. The number of aliphatic hydroxyl groups excluding tert-OH is 1. The minimum atomic E-state index is -4.56. The van der Waals surface area contributed by atoms with E-state index in [2.05, 4.69) is 0 Å². The van der Waals surface area contributed by atoms with Crippen molar-refractivity contribution in [2.45, 2.75) is 18.3 Å². The van der Waals surface area contributed by atoms with Crippen molar-refractivity contribution in [3.05, 3.63) is 0 Å². The standard InChI is InChI=1S/C4H8NO6P.H3N/c6-3-1-2(12(9,10)11)4(7)5(3)8;/h2-3,6,8H,1H2,(H2,9,10,11);1H3. The molecule has 8 nitrogen and oxygen atoms in total. The van der Waals surface area contributed by atoms with Crippen LogP contribution in [-0.4, -0.2) is 43.0 Å². The van der Waals surface area contributed by atoms with Crippen molar-refractivity contribution in [1.82, 2.24) is 11.2 Å². The second-order valence-corrected chi connectivity index (χ2v) is 4.31. The highest BCUT2D eigenvalue weighted by molar-refractivity contribution is 7.53. The third kappa shape index (κ3) is 2.25. The predicted octanol–water partition coefficient (Wildman–Crippen LogP) is -1.37. The number of carbonyl (C=O) groups excluding carboxylic acids is 1. The molecule has 0 aliphatic carbocycles. The zero-order chi connectivity index (χ0) is 9.52. The molecular formula is C4H11N2O6P. The maximum Gasteiger partial charge on any atom is 0.338 e. The molecule has 9 heteroatoms. The Kier molecular flexibility index (Phi) is 3.56. The number of rotatable bonds is 1. The van der Waals surface area contributed by atoms with Gasteiger partial charge in [0, 0.05) is 6.42 Å². The number of amides is 1. The van der Waals surface area contributed by atoms with E-state index in [0.29, 0.717) is 0 Å². The van der Waals surface area contributed by atoms with Gasteiger partial charge in [0.25, 0.3) is 5.91 Å². The Morgan fingerprint density at radius 3 is 2.08 bits per heavy atom. The van der Waals surface area contributed by atoms with Crippen LogP contribution in [-0.2, 0) is 9.36 Å². The van der Waals surface area contributed by atoms with Gasteiger partial charge in [-0.05, 0) is 0 Å². The summed E-state index contributed by atoms with van der Waals surface area (Å²) in [6, 6.07) is 0. The lowest BCUT2D eigenvalue weighted by Gasteiger charge is -2.10. The Morgan fingerprint density at radius 2 is 1.92 bits per heavy atom. The molecule has 0 aromatic rings. The number of hydrogen-bond acceptors (Lipinski definition) is 5. The van der Waals surface area contributed by atoms with E-state index in [1.807, 2.05) is 0 Å². The van der Waals surface area contributed by atoms with Gasteiger partial charge in [0.2, 0.25) is 0 Å². The summed E-state index contributed by atoms with van der Waals surface area (Å²) in [5.41, 5.74) is -1.61. The lowest BCUT2D eigenvalue weighted by molar-refractivity contribution is -0.189. The molecule has 1 amide bonds. The molecule has 2 unspecified atom stereocenters. The molecule has 1 heterocycles. The predicted molar refractivity (Wildman–Crippen MR) is 40.1 cm³/mol. The van der Waals surface area contributed by atoms with Crippen molar-refractivity contribution in [2.24, 2.45) is 0 Å². The molecular weight excluding hydrogens is 203 g/mol. The highest BCUT2D eigenvalue weighted by Crippen LogP contribution is 2.46. The monoisotopic (exact) mass is 214 g/mol. The molecule has 0 spiro atoms. The Hall–Kier alpha value is -0.500.